The molecule has 2 aromatic carbocycles. The highest BCUT2D eigenvalue weighted by Gasteiger charge is 2.48. The fourth-order valence-electron chi connectivity index (χ4n) is 2.84. The monoisotopic (exact) mass is 342 g/mol. The number of amides is 3. The van der Waals surface area contributed by atoms with Crippen molar-refractivity contribution in [1.82, 2.24) is 10.2 Å². The number of imide groups is 1. The van der Waals surface area contributed by atoms with E-state index in [0.717, 1.165) is 16.2 Å². The summed E-state index contributed by atoms with van der Waals surface area (Å²) < 4.78 is 18.8. The Labute approximate surface area is 145 Å². The fourth-order valence-corrected chi connectivity index (χ4v) is 2.84. The third-order valence-corrected chi connectivity index (χ3v) is 4.36. The van der Waals surface area contributed by atoms with Gasteiger partial charge in [0.25, 0.3) is 5.91 Å². The van der Waals surface area contributed by atoms with Gasteiger partial charge in [-0.2, -0.15) is 0 Å². The van der Waals surface area contributed by atoms with Crippen LogP contribution in [0.5, 0.6) is 5.75 Å². The molecule has 2 aromatic rings. The lowest BCUT2D eigenvalue weighted by Crippen LogP contribution is -2.41. The molecular weight excluding hydrogens is 323 g/mol. The van der Waals surface area contributed by atoms with E-state index in [1.807, 2.05) is 31.2 Å². The lowest BCUT2D eigenvalue weighted by molar-refractivity contribution is -0.131. The summed E-state index contributed by atoms with van der Waals surface area (Å²) in [5.74, 6) is -0.0547. The van der Waals surface area contributed by atoms with Gasteiger partial charge in [-0.15, -0.1) is 0 Å². The van der Waals surface area contributed by atoms with E-state index in [4.69, 9.17) is 4.74 Å². The van der Waals surface area contributed by atoms with Crippen LogP contribution in [-0.4, -0.2) is 30.0 Å². The molecule has 6 heteroatoms. The molecule has 1 fully saturated rings. The molecule has 25 heavy (non-hydrogen) atoms. The van der Waals surface area contributed by atoms with E-state index >= 15 is 0 Å². The summed E-state index contributed by atoms with van der Waals surface area (Å²) in [4.78, 5) is 26.1. The van der Waals surface area contributed by atoms with Crippen LogP contribution in [0.25, 0.3) is 0 Å². The van der Waals surface area contributed by atoms with Crippen LogP contribution in [0.2, 0.25) is 0 Å². The van der Waals surface area contributed by atoms with E-state index in [1.165, 1.54) is 24.3 Å². The summed E-state index contributed by atoms with van der Waals surface area (Å²) >= 11 is 0. The number of ether oxygens (including phenoxy) is 1. The van der Waals surface area contributed by atoms with Crippen LogP contribution in [0.3, 0.4) is 0 Å². The minimum atomic E-state index is -1.20. The van der Waals surface area contributed by atoms with Gasteiger partial charge in [0.1, 0.15) is 23.7 Å². The number of urea groups is 1. The molecule has 130 valence electrons. The lowest BCUT2D eigenvalue weighted by atomic mass is 9.92. The summed E-state index contributed by atoms with van der Waals surface area (Å²) in [5.41, 5.74) is 0.318. The van der Waals surface area contributed by atoms with Crippen molar-refractivity contribution in [3.63, 3.8) is 0 Å². The van der Waals surface area contributed by atoms with Gasteiger partial charge in [0.05, 0.1) is 6.54 Å². The van der Waals surface area contributed by atoms with Crippen LogP contribution in [-0.2, 0) is 10.3 Å². The van der Waals surface area contributed by atoms with Crippen molar-refractivity contribution in [3.05, 3.63) is 65.5 Å². The summed E-state index contributed by atoms with van der Waals surface area (Å²) in [5, 5.41) is 2.69. The first-order valence-corrected chi connectivity index (χ1v) is 8.00. The Morgan fingerprint density at radius 2 is 1.80 bits per heavy atom. The number of carbonyl (C=O) groups excluding carboxylic acids is 2. The molecule has 1 N–H and O–H groups in total. The summed E-state index contributed by atoms with van der Waals surface area (Å²) in [6.45, 7) is 3.87. The Morgan fingerprint density at radius 3 is 2.48 bits per heavy atom. The Balaban J connectivity index is 1.69. The molecule has 0 saturated carbocycles. The van der Waals surface area contributed by atoms with Gasteiger partial charge in [-0.1, -0.05) is 30.3 Å². The van der Waals surface area contributed by atoms with Crippen LogP contribution in [0.1, 0.15) is 18.1 Å². The number of halogens is 1. The van der Waals surface area contributed by atoms with Gasteiger partial charge in [-0.25, -0.2) is 9.18 Å². The molecule has 0 spiro atoms. The van der Waals surface area contributed by atoms with Crippen LogP contribution >= 0.6 is 0 Å². The number of nitrogens with one attached hydrogen (secondary N) is 1. The number of para-hydroxylation sites is 1. The SMILES string of the molecule is Cc1ccccc1OCCN1C(=O)N[C@@](C)(c2ccc(F)cc2)C1=O. The molecule has 1 atom stereocenters. The van der Waals surface area contributed by atoms with Crippen molar-refractivity contribution in [2.24, 2.45) is 0 Å². The lowest BCUT2D eigenvalue weighted by Gasteiger charge is -2.22. The number of hydrogen-bond donors (Lipinski definition) is 1. The van der Waals surface area contributed by atoms with E-state index in [9.17, 15) is 14.0 Å². The molecule has 1 saturated heterocycles. The third kappa shape index (κ3) is 3.20. The van der Waals surface area contributed by atoms with Crippen LogP contribution in [0.4, 0.5) is 9.18 Å². The summed E-state index contributed by atoms with van der Waals surface area (Å²) in [7, 11) is 0. The Hall–Kier alpha value is -2.89. The number of benzene rings is 2. The molecule has 0 bridgehead atoms. The van der Waals surface area contributed by atoms with Crippen LogP contribution in [0, 0.1) is 12.7 Å². The Morgan fingerprint density at radius 1 is 1.12 bits per heavy atom. The highest BCUT2D eigenvalue weighted by molar-refractivity contribution is 6.07. The Kier molecular flexibility index (Phi) is 4.44. The normalized spacial score (nSPS) is 19.9. The second-order valence-electron chi connectivity index (χ2n) is 6.13. The maximum Gasteiger partial charge on any atom is 0.325 e. The van der Waals surface area contributed by atoms with Gasteiger partial charge in [0, 0.05) is 0 Å². The van der Waals surface area contributed by atoms with E-state index in [2.05, 4.69) is 5.32 Å². The first-order valence-electron chi connectivity index (χ1n) is 8.00. The first-order chi connectivity index (χ1) is 11.9. The number of rotatable bonds is 5. The zero-order valence-electron chi connectivity index (χ0n) is 14.1. The van der Waals surface area contributed by atoms with E-state index in [0.29, 0.717) is 5.56 Å². The minimum absolute atomic E-state index is 0.135. The van der Waals surface area contributed by atoms with E-state index in [1.54, 1.807) is 6.92 Å². The van der Waals surface area contributed by atoms with Crippen molar-refractivity contribution in [1.29, 1.82) is 0 Å². The smallest absolute Gasteiger partial charge is 0.325 e. The van der Waals surface area contributed by atoms with Crippen molar-refractivity contribution >= 4 is 11.9 Å². The molecule has 0 unspecified atom stereocenters. The zero-order chi connectivity index (χ0) is 18.0. The molecule has 3 amide bonds. The second-order valence-corrected chi connectivity index (χ2v) is 6.13. The van der Waals surface area contributed by atoms with Crippen LogP contribution in [0.15, 0.2) is 48.5 Å². The average molecular weight is 342 g/mol. The van der Waals surface area contributed by atoms with Gasteiger partial charge >= 0.3 is 6.03 Å². The second kappa shape index (κ2) is 6.55. The quantitative estimate of drug-likeness (QED) is 0.850. The van der Waals surface area contributed by atoms with Gasteiger partial charge in [-0.05, 0) is 43.2 Å². The minimum Gasteiger partial charge on any atom is -0.491 e. The average Bonchev–Trinajstić information content (AvgIpc) is 2.81. The molecule has 5 nitrogen and oxygen atoms in total. The van der Waals surface area contributed by atoms with Gasteiger partial charge < -0.3 is 10.1 Å². The van der Waals surface area contributed by atoms with Gasteiger partial charge in [-0.3, -0.25) is 9.69 Å². The maximum absolute atomic E-state index is 13.1. The molecule has 3 rings (SSSR count). The van der Waals surface area contributed by atoms with Crippen molar-refractivity contribution in [2.45, 2.75) is 19.4 Å². The number of aryl methyl sites for hydroxylation is 1. The molecule has 0 aliphatic carbocycles. The third-order valence-electron chi connectivity index (χ3n) is 4.36. The first kappa shape index (κ1) is 17.0. The zero-order valence-corrected chi connectivity index (χ0v) is 14.1. The Bertz CT molecular complexity index is 807. The highest BCUT2D eigenvalue weighted by atomic mass is 19.1. The summed E-state index contributed by atoms with van der Waals surface area (Å²) in [6.07, 6.45) is 0. The molecule has 0 radical (unpaired) electrons. The predicted octanol–water partition coefficient (Wildman–Crippen LogP) is 2.98. The van der Waals surface area contributed by atoms with Crippen molar-refractivity contribution in [2.75, 3.05) is 13.2 Å². The van der Waals surface area contributed by atoms with Crippen LogP contribution < -0.4 is 10.1 Å². The molecule has 0 aromatic heterocycles. The standard InChI is InChI=1S/C19H19FN2O3/c1-13-5-3-4-6-16(13)25-12-11-22-17(23)19(2,21-18(22)24)14-7-9-15(20)10-8-14/h3-10H,11-12H2,1-2H3,(H,21,24)/t19-/m0/s1. The largest absolute Gasteiger partial charge is 0.491 e. The maximum atomic E-state index is 13.1. The number of nitrogens with zero attached hydrogens (tertiary/aromatic N) is 1. The van der Waals surface area contributed by atoms with Crippen molar-refractivity contribution in [3.8, 4) is 5.75 Å². The molecular formula is C19H19FN2O3. The fraction of sp³-hybridized carbons (Fsp3) is 0.263. The highest BCUT2D eigenvalue weighted by Crippen LogP contribution is 2.28. The van der Waals surface area contributed by atoms with Gasteiger partial charge in [0.2, 0.25) is 0 Å². The van der Waals surface area contributed by atoms with E-state index < -0.39 is 17.4 Å². The summed E-state index contributed by atoms with van der Waals surface area (Å²) in [6, 6.07) is 12.6. The predicted molar refractivity (Wildman–Crippen MR) is 90.7 cm³/mol. The molecule has 1 aliphatic rings. The molecule has 1 aliphatic heterocycles. The topological polar surface area (TPSA) is 58.6 Å². The van der Waals surface area contributed by atoms with E-state index in [-0.39, 0.29) is 19.1 Å². The van der Waals surface area contributed by atoms with Gasteiger partial charge in [0.15, 0.2) is 0 Å². The number of hydrogen-bond acceptors (Lipinski definition) is 3. The molecule has 1 heterocycles. The number of carbonyl (C=O) groups is 2. The van der Waals surface area contributed by atoms with Crippen molar-refractivity contribution < 1.29 is 18.7 Å².